The minimum Gasteiger partial charge on any atom is -0.358 e. The lowest BCUT2D eigenvalue weighted by molar-refractivity contribution is 0.831. The van der Waals surface area contributed by atoms with Gasteiger partial charge in [-0.2, -0.15) is 0 Å². The van der Waals surface area contributed by atoms with E-state index in [1.165, 1.54) is 0 Å². The standard InChI is InChI=1S/C6H7N5/c7-3-5-6-4(1-2-8-6)9-11-10-5/h1-2,8H,3,7H2. The largest absolute Gasteiger partial charge is 0.358 e. The molecular formula is C6H7N5. The van der Waals surface area contributed by atoms with Gasteiger partial charge in [0.15, 0.2) is 0 Å². The van der Waals surface area contributed by atoms with E-state index in [-0.39, 0.29) is 0 Å². The van der Waals surface area contributed by atoms with E-state index in [2.05, 4.69) is 20.4 Å². The molecule has 3 N–H and O–H groups in total. The zero-order valence-corrected chi connectivity index (χ0v) is 5.78. The van der Waals surface area contributed by atoms with E-state index in [1.54, 1.807) is 6.20 Å². The van der Waals surface area contributed by atoms with Gasteiger partial charge in [0.2, 0.25) is 0 Å². The number of aromatic amines is 1. The lowest BCUT2D eigenvalue weighted by Crippen LogP contribution is -2.03. The van der Waals surface area contributed by atoms with E-state index in [0.717, 1.165) is 16.7 Å². The number of fused-ring (bicyclic) bond motifs is 1. The summed E-state index contributed by atoms with van der Waals surface area (Å²) in [5.74, 6) is 0. The predicted molar refractivity (Wildman–Crippen MR) is 39.6 cm³/mol. The number of H-pyrrole nitrogens is 1. The van der Waals surface area contributed by atoms with Crippen LogP contribution < -0.4 is 5.73 Å². The highest BCUT2D eigenvalue weighted by Crippen LogP contribution is 2.09. The summed E-state index contributed by atoms with van der Waals surface area (Å²) < 4.78 is 0. The number of rotatable bonds is 1. The summed E-state index contributed by atoms with van der Waals surface area (Å²) in [4.78, 5) is 2.99. The maximum Gasteiger partial charge on any atom is 0.114 e. The van der Waals surface area contributed by atoms with Gasteiger partial charge in [0.05, 0.1) is 5.52 Å². The van der Waals surface area contributed by atoms with Gasteiger partial charge in [-0.05, 0) is 11.3 Å². The summed E-state index contributed by atoms with van der Waals surface area (Å²) >= 11 is 0. The van der Waals surface area contributed by atoms with E-state index >= 15 is 0 Å². The quantitative estimate of drug-likeness (QED) is 0.589. The Morgan fingerprint density at radius 1 is 1.45 bits per heavy atom. The van der Waals surface area contributed by atoms with E-state index in [4.69, 9.17) is 5.73 Å². The lowest BCUT2D eigenvalue weighted by Gasteiger charge is -1.93. The van der Waals surface area contributed by atoms with Crippen molar-refractivity contribution in [2.75, 3.05) is 0 Å². The van der Waals surface area contributed by atoms with Gasteiger partial charge >= 0.3 is 0 Å². The second-order valence-electron chi connectivity index (χ2n) is 2.18. The molecule has 0 fully saturated rings. The number of nitrogens with zero attached hydrogens (tertiary/aromatic N) is 3. The van der Waals surface area contributed by atoms with E-state index in [0.29, 0.717) is 6.54 Å². The Morgan fingerprint density at radius 3 is 3.18 bits per heavy atom. The molecule has 5 nitrogen and oxygen atoms in total. The van der Waals surface area contributed by atoms with Crippen LogP contribution in [0.5, 0.6) is 0 Å². The fourth-order valence-electron chi connectivity index (χ4n) is 0.993. The lowest BCUT2D eigenvalue weighted by atomic mass is 10.3. The first kappa shape index (κ1) is 6.23. The number of nitrogens with one attached hydrogen (secondary N) is 1. The fourth-order valence-corrected chi connectivity index (χ4v) is 0.993. The highest BCUT2D eigenvalue weighted by Gasteiger charge is 2.01. The Labute approximate surface area is 62.6 Å². The maximum atomic E-state index is 5.42. The third kappa shape index (κ3) is 0.857. The normalized spacial score (nSPS) is 10.6. The topological polar surface area (TPSA) is 80.5 Å². The minimum absolute atomic E-state index is 0.381. The molecule has 0 radical (unpaired) electrons. The minimum atomic E-state index is 0.381. The summed E-state index contributed by atoms with van der Waals surface area (Å²) in [5.41, 5.74) is 7.86. The SMILES string of the molecule is NCc1nnnc2cc[nH]c12. The molecule has 5 heteroatoms. The first-order chi connectivity index (χ1) is 5.42. The molecule has 11 heavy (non-hydrogen) atoms. The number of hydrogen-bond donors (Lipinski definition) is 2. The van der Waals surface area contributed by atoms with Crippen LogP contribution in [0.2, 0.25) is 0 Å². The van der Waals surface area contributed by atoms with Crippen molar-refractivity contribution in [1.82, 2.24) is 20.4 Å². The average Bonchev–Trinajstić information content (AvgIpc) is 2.50. The highest BCUT2D eigenvalue weighted by molar-refractivity contribution is 5.76. The van der Waals surface area contributed by atoms with Crippen molar-refractivity contribution in [2.24, 2.45) is 5.73 Å². The smallest absolute Gasteiger partial charge is 0.114 e. The van der Waals surface area contributed by atoms with Gasteiger partial charge < -0.3 is 10.7 Å². The molecule has 0 saturated carbocycles. The van der Waals surface area contributed by atoms with Crippen molar-refractivity contribution in [3.8, 4) is 0 Å². The van der Waals surface area contributed by atoms with Crippen molar-refractivity contribution < 1.29 is 0 Å². The molecule has 0 spiro atoms. The fraction of sp³-hybridized carbons (Fsp3) is 0.167. The van der Waals surface area contributed by atoms with Crippen LogP contribution in [-0.2, 0) is 6.54 Å². The number of nitrogens with two attached hydrogens (primary N) is 1. The second kappa shape index (κ2) is 2.28. The van der Waals surface area contributed by atoms with Gasteiger partial charge in [0.1, 0.15) is 11.2 Å². The third-order valence-corrected chi connectivity index (χ3v) is 1.52. The molecule has 0 saturated heterocycles. The molecule has 2 rings (SSSR count). The van der Waals surface area contributed by atoms with Gasteiger partial charge in [-0.1, -0.05) is 0 Å². The molecule has 0 aliphatic heterocycles. The molecule has 0 amide bonds. The van der Waals surface area contributed by atoms with Crippen LogP contribution in [0.25, 0.3) is 11.0 Å². The van der Waals surface area contributed by atoms with Crippen molar-refractivity contribution in [2.45, 2.75) is 6.54 Å². The molecule has 0 atom stereocenters. The number of aromatic nitrogens is 4. The van der Waals surface area contributed by atoms with Crippen LogP contribution >= 0.6 is 0 Å². The van der Waals surface area contributed by atoms with Crippen LogP contribution in [0, 0.1) is 0 Å². The average molecular weight is 149 g/mol. The van der Waals surface area contributed by atoms with Crippen LogP contribution in [-0.4, -0.2) is 20.4 Å². The number of hydrogen-bond acceptors (Lipinski definition) is 4. The molecular weight excluding hydrogens is 142 g/mol. The maximum absolute atomic E-state index is 5.42. The molecule has 0 aliphatic carbocycles. The Bertz CT molecular complexity index is 366. The Balaban J connectivity index is 2.79. The summed E-state index contributed by atoms with van der Waals surface area (Å²) in [6.07, 6.45) is 1.79. The third-order valence-electron chi connectivity index (χ3n) is 1.52. The van der Waals surface area contributed by atoms with Crippen LogP contribution in [0.15, 0.2) is 12.3 Å². The first-order valence-electron chi connectivity index (χ1n) is 3.27. The predicted octanol–water partition coefficient (Wildman–Crippen LogP) is -0.188. The Hall–Kier alpha value is -1.49. The molecule has 2 aromatic heterocycles. The molecule has 2 aromatic rings. The van der Waals surface area contributed by atoms with E-state index in [9.17, 15) is 0 Å². The molecule has 0 unspecified atom stereocenters. The van der Waals surface area contributed by atoms with Crippen LogP contribution in [0.3, 0.4) is 0 Å². The van der Waals surface area contributed by atoms with E-state index < -0.39 is 0 Å². The Kier molecular flexibility index (Phi) is 1.29. The van der Waals surface area contributed by atoms with Crippen LogP contribution in [0.1, 0.15) is 5.69 Å². The Morgan fingerprint density at radius 2 is 2.36 bits per heavy atom. The molecule has 56 valence electrons. The monoisotopic (exact) mass is 149 g/mol. The highest BCUT2D eigenvalue weighted by atomic mass is 15.3. The van der Waals surface area contributed by atoms with Crippen molar-refractivity contribution >= 4 is 11.0 Å². The van der Waals surface area contributed by atoms with Gasteiger partial charge in [0.25, 0.3) is 0 Å². The molecule has 0 aromatic carbocycles. The molecule has 2 heterocycles. The van der Waals surface area contributed by atoms with Gasteiger partial charge in [-0.15, -0.1) is 10.2 Å². The van der Waals surface area contributed by atoms with Crippen molar-refractivity contribution in [1.29, 1.82) is 0 Å². The summed E-state index contributed by atoms with van der Waals surface area (Å²) in [6.45, 7) is 0.381. The van der Waals surface area contributed by atoms with Crippen molar-refractivity contribution in [3.05, 3.63) is 18.0 Å². The van der Waals surface area contributed by atoms with Gasteiger partial charge in [-0.3, -0.25) is 0 Å². The van der Waals surface area contributed by atoms with Gasteiger partial charge in [0, 0.05) is 12.7 Å². The van der Waals surface area contributed by atoms with Crippen LogP contribution in [0.4, 0.5) is 0 Å². The second-order valence-corrected chi connectivity index (χ2v) is 2.18. The zero-order valence-electron chi connectivity index (χ0n) is 5.78. The summed E-state index contributed by atoms with van der Waals surface area (Å²) in [7, 11) is 0. The van der Waals surface area contributed by atoms with Gasteiger partial charge in [-0.25, -0.2) is 0 Å². The van der Waals surface area contributed by atoms with E-state index in [1.807, 2.05) is 6.07 Å². The summed E-state index contributed by atoms with van der Waals surface area (Å²) in [5, 5.41) is 11.1. The molecule has 0 aliphatic rings. The first-order valence-corrected chi connectivity index (χ1v) is 3.27. The summed E-state index contributed by atoms with van der Waals surface area (Å²) in [6, 6.07) is 1.84. The molecule has 0 bridgehead atoms. The zero-order chi connectivity index (χ0) is 7.68. The van der Waals surface area contributed by atoms with Crippen molar-refractivity contribution in [3.63, 3.8) is 0 Å².